The zero-order valence-electron chi connectivity index (χ0n) is 11.1. The van der Waals surface area contributed by atoms with E-state index in [1.54, 1.807) is 0 Å². The van der Waals surface area contributed by atoms with Crippen LogP contribution >= 0.6 is 0 Å². The zero-order valence-corrected chi connectivity index (χ0v) is 11.1. The second kappa shape index (κ2) is 6.25. The lowest BCUT2D eigenvalue weighted by atomic mass is 10.1. The van der Waals surface area contributed by atoms with Crippen molar-refractivity contribution < 1.29 is 24.3 Å². The summed E-state index contributed by atoms with van der Waals surface area (Å²) in [6.45, 7) is 0. The quantitative estimate of drug-likeness (QED) is 0.269. The normalized spacial score (nSPS) is 11.1. The van der Waals surface area contributed by atoms with Crippen LogP contribution in [0.2, 0.25) is 0 Å². The van der Waals surface area contributed by atoms with Crippen molar-refractivity contribution >= 4 is 17.4 Å². The first-order chi connectivity index (χ1) is 9.87. The molecule has 0 spiro atoms. The van der Waals surface area contributed by atoms with Crippen LogP contribution in [0.3, 0.4) is 0 Å². The Kier molecular flexibility index (Phi) is 4.69. The van der Waals surface area contributed by atoms with Crippen LogP contribution in [0.4, 0.5) is 5.69 Å². The molecule has 1 amide bonds. The number of nitriles is 1. The van der Waals surface area contributed by atoms with Crippen LogP contribution in [0.15, 0.2) is 17.7 Å². The van der Waals surface area contributed by atoms with Crippen LogP contribution in [0, 0.1) is 21.4 Å². The number of amides is 1. The third-order valence-corrected chi connectivity index (χ3v) is 2.52. The van der Waals surface area contributed by atoms with E-state index in [1.165, 1.54) is 26.4 Å². The fourth-order valence-corrected chi connectivity index (χ4v) is 1.59. The van der Waals surface area contributed by atoms with Crippen LogP contribution in [-0.4, -0.2) is 30.2 Å². The Hall–Kier alpha value is -3.28. The summed E-state index contributed by atoms with van der Waals surface area (Å²) in [7, 11) is 2.45. The smallest absolute Gasteiger partial charge is 0.315 e. The van der Waals surface area contributed by atoms with Gasteiger partial charge in [-0.15, -0.1) is 0 Å². The Morgan fingerprint density at radius 2 is 2.05 bits per heavy atom. The second-order valence-corrected chi connectivity index (χ2v) is 3.69. The topological polar surface area (TPSA) is 149 Å². The van der Waals surface area contributed by atoms with Gasteiger partial charge in [-0.25, -0.2) is 0 Å². The summed E-state index contributed by atoms with van der Waals surface area (Å²) in [5.74, 6) is -2.15. The molecular weight excluding hydrogens is 282 g/mol. The molecule has 0 heterocycles. The molecule has 0 aliphatic carbocycles. The van der Waals surface area contributed by atoms with Gasteiger partial charge in [0, 0.05) is 11.6 Å². The molecule has 110 valence electrons. The van der Waals surface area contributed by atoms with E-state index in [-0.39, 0.29) is 17.1 Å². The number of ether oxygens (including phenoxy) is 2. The number of hydrogen-bond donors (Lipinski definition) is 2. The first-order valence-electron chi connectivity index (χ1n) is 5.41. The minimum absolute atomic E-state index is 0.0463. The zero-order chi connectivity index (χ0) is 16.2. The van der Waals surface area contributed by atoms with E-state index < -0.39 is 27.9 Å². The van der Waals surface area contributed by atoms with Gasteiger partial charge in [-0.3, -0.25) is 14.9 Å². The molecule has 3 N–H and O–H groups in total. The standard InChI is InChI=1S/C12H11N3O6/c1-20-9-4-6(10(16)7(5-13)12(14)17)3-8(15(18)19)11(9)21-2/h3-4,16H,1-2H3,(H2,14,17)/b10-7-. The molecule has 0 atom stereocenters. The van der Waals surface area contributed by atoms with Gasteiger partial charge in [0.1, 0.15) is 11.8 Å². The van der Waals surface area contributed by atoms with Crippen molar-refractivity contribution in [3.05, 3.63) is 33.4 Å². The average Bonchev–Trinajstić information content (AvgIpc) is 2.45. The minimum atomic E-state index is -1.16. The number of carbonyl (C=O) groups excluding carboxylic acids is 1. The van der Waals surface area contributed by atoms with E-state index in [0.717, 1.165) is 6.07 Å². The van der Waals surface area contributed by atoms with Gasteiger partial charge in [-0.05, 0) is 6.07 Å². The number of aliphatic hydroxyl groups excluding tert-OH is 1. The van der Waals surface area contributed by atoms with Gasteiger partial charge in [0.15, 0.2) is 11.3 Å². The Balaban J connectivity index is 3.68. The molecule has 9 heteroatoms. The number of primary amides is 1. The van der Waals surface area contributed by atoms with Crippen LogP contribution < -0.4 is 15.2 Å². The predicted octanol–water partition coefficient (Wildman–Crippen LogP) is 0.890. The summed E-state index contributed by atoms with van der Waals surface area (Å²) in [5, 5.41) is 29.7. The molecule has 9 nitrogen and oxygen atoms in total. The number of carbonyl (C=O) groups is 1. The summed E-state index contributed by atoms with van der Waals surface area (Å²) in [6.07, 6.45) is 0. The largest absolute Gasteiger partial charge is 0.506 e. The Morgan fingerprint density at radius 1 is 1.43 bits per heavy atom. The van der Waals surface area contributed by atoms with Gasteiger partial charge in [-0.1, -0.05) is 0 Å². The van der Waals surface area contributed by atoms with Crippen molar-refractivity contribution in [3.8, 4) is 17.6 Å². The summed E-state index contributed by atoms with van der Waals surface area (Å²) in [6, 6.07) is 3.55. The lowest BCUT2D eigenvalue weighted by Crippen LogP contribution is -2.14. The van der Waals surface area contributed by atoms with Crippen LogP contribution in [0.1, 0.15) is 5.56 Å². The van der Waals surface area contributed by atoms with E-state index in [9.17, 15) is 20.0 Å². The number of nitrogens with two attached hydrogens (primary N) is 1. The van der Waals surface area contributed by atoms with Gasteiger partial charge in [0.25, 0.3) is 5.91 Å². The first-order valence-corrected chi connectivity index (χ1v) is 5.41. The number of hydrogen-bond acceptors (Lipinski definition) is 7. The highest BCUT2D eigenvalue weighted by Gasteiger charge is 2.24. The Morgan fingerprint density at radius 3 is 2.43 bits per heavy atom. The van der Waals surface area contributed by atoms with Crippen molar-refractivity contribution in [1.82, 2.24) is 0 Å². The Labute approximate surface area is 118 Å². The number of methoxy groups -OCH3 is 2. The molecule has 0 saturated carbocycles. The summed E-state index contributed by atoms with van der Waals surface area (Å²) in [4.78, 5) is 21.3. The van der Waals surface area contributed by atoms with E-state index >= 15 is 0 Å². The van der Waals surface area contributed by atoms with E-state index in [4.69, 9.17) is 20.5 Å². The van der Waals surface area contributed by atoms with Crippen LogP contribution in [0.25, 0.3) is 5.76 Å². The van der Waals surface area contributed by atoms with Crippen molar-refractivity contribution in [2.45, 2.75) is 0 Å². The number of benzene rings is 1. The molecule has 0 radical (unpaired) electrons. The molecule has 1 aromatic carbocycles. The van der Waals surface area contributed by atoms with Gasteiger partial charge in [0.05, 0.1) is 19.1 Å². The molecule has 1 rings (SSSR count). The highest BCUT2D eigenvalue weighted by atomic mass is 16.6. The van der Waals surface area contributed by atoms with Gasteiger partial charge in [-0.2, -0.15) is 5.26 Å². The summed E-state index contributed by atoms with van der Waals surface area (Å²) in [5.41, 5.74) is 3.54. The maximum atomic E-state index is 11.0. The molecule has 0 saturated heterocycles. The van der Waals surface area contributed by atoms with Gasteiger partial charge >= 0.3 is 5.69 Å². The Bertz CT molecular complexity index is 674. The molecule has 0 aromatic heterocycles. The number of nitro benzene ring substituents is 1. The van der Waals surface area contributed by atoms with E-state index in [1.807, 2.05) is 0 Å². The third kappa shape index (κ3) is 3.01. The number of aliphatic hydroxyl groups is 1. The molecule has 21 heavy (non-hydrogen) atoms. The van der Waals surface area contributed by atoms with Crippen LogP contribution in [0.5, 0.6) is 11.5 Å². The molecule has 0 fully saturated rings. The third-order valence-electron chi connectivity index (χ3n) is 2.52. The highest BCUT2D eigenvalue weighted by Crippen LogP contribution is 2.39. The van der Waals surface area contributed by atoms with Crippen molar-refractivity contribution in [2.75, 3.05) is 14.2 Å². The average molecular weight is 293 g/mol. The van der Waals surface area contributed by atoms with Crippen molar-refractivity contribution in [1.29, 1.82) is 5.26 Å². The molecule has 0 aliphatic heterocycles. The maximum Gasteiger partial charge on any atom is 0.315 e. The fraction of sp³-hybridized carbons (Fsp3) is 0.167. The monoisotopic (exact) mass is 293 g/mol. The molecule has 0 aliphatic rings. The molecule has 0 unspecified atom stereocenters. The lowest BCUT2D eigenvalue weighted by molar-refractivity contribution is -0.385. The van der Waals surface area contributed by atoms with Crippen molar-refractivity contribution in [2.24, 2.45) is 5.73 Å². The SMILES string of the molecule is COc1cc(/C(O)=C(\C#N)C(N)=O)cc([N+](=O)[O-])c1OC. The van der Waals surface area contributed by atoms with Crippen molar-refractivity contribution in [3.63, 3.8) is 0 Å². The molecule has 1 aromatic rings. The molecular formula is C12H11N3O6. The van der Waals surface area contributed by atoms with Crippen LogP contribution in [-0.2, 0) is 4.79 Å². The van der Waals surface area contributed by atoms with E-state index in [0.29, 0.717) is 0 Å². The summed E-state index contributed by atoms with van der Waals surface area (Å²) >= 11 is 0. The highest BCUT2D eigenvalue weighted by molar-refractivity contribution is 6.02. The summed E-state index contributed by atoms with van der Waals surface area (Å²) < 4.78 is 9.81. The minimum Gasteiger partial charge on any atom is -0.506 e. The molecule has 0 bridgehead atoms. The maximum absolute atomic E-state index is 11.0. The first kappa shape index (κ1) is 15.8. The predicted molar refractivity (Wildman–Crippen MR) is 70.6 cm³/mol. The lowest BCUT2D eigenvalue weighted by Gasteiger charge is -2.10. The van der Waals surface area contributed by atoms with E-state index in [2.05, 4.69) is 0 Å². The number of nitro groups is 1. The number of rotatable bonds is 5. The fourth-order valence-electron chi connectivity index (χ4n) is 1.59. The second-order valence-electron chi connectivity index (χ2n) is 3.69. The van der Waals surface area contributed by atoms with Gasteiger partial charge < -0.3 is 20.3 Å². The number of nitrogens with zero attached hydrogens (tertiary/aromatic N) is 2. The van der Waals surface area contributed by atoms with Gasteiger partial charge in [0.2, 0.25) is 5.75 Å².